The maximum absolute atomic E-state index is 13.1. The largest absolute Gasteiger partial charge is 0.492 e. The summed E-state index contributed by atoms with van der Waals surface area (Å²) < 4.78 is 7.33. The predicted octanol–water partition coefficient (Wildman–Crippen LogP) is 5.77. The summed E-state index contributed by atoms with van der Waals surface area (Å²) in [6.07, 6.45) is 1.68. The van der Waals surface area contributed by atoms with E-state index in [9.17, 15) is 4.79 Å². The Kier molecular flexibility index (Phi) is 7.90. The third kappa shape index (κ3) is 5.75. The maximum Gasteiger partial charge on any atom is 0.259 e. The maximum atomic E-state index is 13.1. The van der Waals surface area contributed by atoms with Gasteiger partial charge in [0.15, 0.2) is 0 Å². The Bertz CT molecular complexity index is 1390. The third-order valence-corrected chi connectivity index (χ3v) is 6.40. The molecule has 4 rings (SSSR count). The highest BCUT2D eigenvalue weighted by Gasteiger charge is 2.14. The van der Waals surface area contributed by atoms with Crippen LogP contribution in [0.5, 0.6) is 5.75 Å². The van der Waals surface area contributed by atoms with Crippen molar-refractivity contribution in [3.63, 3.8) is 0 Å². The molecule has 0 spiro atoms. The van der Waals surface area contributed by atoms with Gasteiger partial charge in [0.25, 0.3) is 5.56 Å². The van der Waals surface area contributed by atoms with Crippen LogP contribution in [0.3, 0.4) is 0 Å². The smallest absolute Gasteiger partial charge is 0.259 e. The summed E-state index contributed by atoms with van der Waals surface area (Å²) >= 11 is 12.3. The lowest BCUT2D eigenvalue weighted by molar-refractivity contribution is 0.223. The van der Waals surface area contributed by atoms with E-state index in [2.05, 4.69) is 34.0 Å². The summed E-state index contributed by atoms with van der Waals surface area (Å²) in [5, 5.41) is 4.82. The van der Waals surface area contributed by atoms with Crippen LogP contribution in [-0.4, -0.2) is 45.7 Å². The van der Waals surface area contributed by atoms with Gasteiger partial charge in [-0.1, -0.05) is 43.1 Å². The monoisotopic (exact) mass is 511 g/mol. The molecule has 0 fully saturated rings. The normalized spacial score (nSPS) is 11.3. The Balaban J connectivity index is 1.52. The Hall–Kier alpha value is -3.13. The summed E-state index contributed by atoms with van der Waals surface area (Å²) in [4.78, 5) is 24.4. The van der Waals surface area contributed by atoms with Gasteiger partial charge in [0.2, 0.25) is 5.95 Å². The van der Waals surface area contributed by atoms with Gasteiger partial charge in [0.05, 0.1) is 5.02 Å². The number of pyridine rings is 1. The van der Waals surface area contributed by atoms with E-state index in [4.69, 9.17) is 27.9 Å². The zero-order valence-electron chi connectivity index (χ0n) is 19.9. The topological polar surface area (TPSA) is 72.3 Å². The highest BCUT2D eigenvalue weighted by molar-refractivity contribution is 6.36. The zero-order chi connectivity index (χ0) is 24.9. The molecule has 182 valence electrons. The average molecular weight is 512 g/mol. The van der Waals surface area contributed by atoms with Gasteiger partial charge in [-0.15, -0.1) is 0 Å². The molecule has 0 unspecified atom stereocenters. The van der Waals surface area contributed by atoms with Gasteiger partial charge < -0.3 is 15.0 Å². The number of halogens is 2. The summed E-state index contributed by atoms with van der Waals surface area (Å²) in [6, 6.07) is 14.4. The Morgan fingerprint density at radius 3 is 2.46 bits per heavy atom. The van der Waals surface area contributed by atoms with Crippen LogP contribution in [0.15, 0.2) is 59.5 Å². The van der Waals surface area contributed by atoms with Crippen molar-refractivity contribution in [2.24, 2.45) is 7.05 Å². The molecule has 7 nitrogen and oxygen atoms in total. The fraction of sp³-hybridized carbons (Fsp3) is 0.269. The van der Waals surface area contributed by atoms with Crippen molar-refractivity contribution < 1.29 is 4.74 Å². The molecule has 2 aromatic carbocycles. The van der Waals surface area contributed by atoms with Crippen molar-refractivity contribution in [2.45, 2.75) is 13.8 Å². The molecule has 9 heteroatoms. The van der Waals surface area contributed by atoms with Crippen molar-refractivity contribution in [1.82, 2.24) is 19.4 Å². The van der Waals surface area contributed by atoms with Gasteiger partial charge in [0.1, 0.15) is 18.0 Å². The third-order valence-electron chi connectivity index (χ3n) is 5.85. The summed E-state index contributed by atoms with van der Waals surface area (Å²) in [6.45, 7) is 7.84. The molecule has 0 saturated carbocycles. The van der Waals surface area contributed by atoms with E-state index < -0.39 is 0 Å². The van der Waals surface area contributed by atoms with Gasteiger partial charge >= 0.3 is 0 Å². The van der Waals surface area contributed by atoms with Crippen LogP contribution in [-0.2, 0) is 7.05 Å². The number of likely N-dealkylation sites (N-methyl/N-ethyl adjacent to an activating group) is 1. The highest BCUT2D eigenvalue weighted by atomic mass is 35.5. The highest BCUT2D eigenvalue weighted by Crippen LogP contribution is 2.30. The molecule has 0 atom stereocenters. The van der Waals surface area contributed by atoms with Gasteiger partial charge in [0, 0.05) is 47.0 Å². The SMILES string of the molecule is CCN(CC)CCOc1ccc(Nc2ncc3cc(-c4ccc(Cl)cc4Cl)c(=O)n(C)c3n2)cc1. The molecule has 1 N–H and O–H groups in total. The van der Waals surface area contributed by atoms with Crippen molar-refractivity contribution >= 4 is 45.9 Å². The fourth-order valence-electron chi connectivity index (χ4n) is 3.80. The second kappa shape index (κ2) is 11.1. The summed E-state index contributed by atoms with van der Waals surface area (Å²) in [7, 11) is 1.68. The number of hydrogen-bond acceptors (Lipinski definition) is 6. The van der Waals surface area contributed by atoms with E-state index in [0.29, 0.717) is 39.4 Å². The Labute approximate surface area is 214 Å². The molecule has 0 bridgehead atoms. The molecule has 0 aliphatic heterocycles. The van der Waals surface area contributed by atoms with Crippen LogP contribution in [0.25, 0.3) is 22.2 Å². The van der Waals surface area contributed by atoms with Crippen molar-refractivity contribution in [3.8, 4) is 16.9 Å². The second-order valence-electron chi connectivity index (χ2n) is 8.04. The van der Waals surface area contributed by atoms with Crippen LogP contribution in [0.1, 0.15) is 13.8 Å². The van der Waals surface area contributed by atoms with Crippen LogP contribution in [0.2, 0.25) is 10.0 Å². The van der Waals surface area contributed by atoms with Gasteiger partial charge in [-0.05, 0) is 55.6 Å². The first-order valence-corrected chi connectivity index (χ1v) is 12.2. The zero-order valence-corrected chi connectivity index (χ0v) is 21.4. The first-order valence-electron chi connectivity index (χ1n) is 11.4. The summed E-state index contributed by atoms with van der Waals surface area (Å²) in [5.74, 6) is 1.19. The van der Waals surface area contributed by atoms with Gasteiger partial charge in [-0.2, -0.15) is 4.98 Å². The molecular formula is C26H27Cl2N5O2. The number of aryl methyl sites for hydroxylation is 1. The number of hydrogen-bond donors (Lipinski definition) is 1. The lowest BCUT2D eigenvalue weighted by Gasteiger charge is -2.18. The van der Waals surface area contributed by atoms with E-state index >= 15 is 0 Å². The van der Waals surface area contributed by atoms with Crippen LogP contribution in [0.4, 0.5) is 11.6 Å². The second-order valence-corrected chi connectivity index (χ2v) is 8.89. The first kappa shape index (κ1) is 25.0. The number of nitrogens with zero attached hydrogens (tertiary/aromatic N) is 4. The minimum atomic E-state index is -0.211. The van der Waals surface area contributed by atoms with Gasteiger partial charge in [-0.25, -0.2) is 4.98 Å². The number of ether oxygens (including phenoxy) is 1. The van der Waals surface area contributed by atoms with Gasteiger partial charge in [-0.3, -0.25) is 9.36 Å². The van der Waals surface area contributed by atoms with E-state index in [1.165, 1.54) is 4.57 Å². The number of rotatable bonds is 9. The molecule has 0 amide bonds. The van der Waals surface area contributed by atoms with Crippen LogP contribution < -0.4 is 15.6 Å². The molecule has 0 saturated heterocycles. The van der Waals surface area contributed by atoms with E-state index in [0.717, 1.165) is 36.5 Å². The first-order chi connectivity index (χ1) is 16.9. The molecule has 0 radical (unpaired) electrons. The summed E-state index contributed by atoms with van der Waals surface area (Å²) in [5.41, 5.74) is 2.19. The van der Waals surface area contributed by atoms with E-state index in [1.807, 2.05) is 24.3 Å². The lowest BCUT2D eigenvalue weighted by Crippen LogP contribution is -2.27. The molecule has 4 aromatic rings. The number of nitrogens with one attached hydrogen (secondary N) is 1. The van der Waals surface area contributed by atoms with Crippen LogP contribution >= 0.6 is 23.2 Å². The van der Waals surface area contributed by atoms with E-state index in [1.54, 1.807) is 37.5 Å². The standard InChI is InChI=1S/C26H27Cl2N5O2/c1-4-33(5-2)12-13-35-20-9-7-19(8-10-20)30-26-29-16-17-14-22(25(34)32(3)24(17)31-26)21-11-6-18(27)15-23(21)28/h6-11,14-16H,4-5,12-13H2,1-3H3,(H,29,30,31). The molecule has 35 heavy (non-hydrogen) atoms. The molecule has 0 aliphatic carbocycles. The molecule has 0 aliphatic rings. The number of aromatic nitrogens is 3. The lowest BCUT2D eigenvalue weighted by atomic mass is 10.1. The van der Waals surface area contributed by atoms with Crippen molar-refractivity contribution in [2.75, 3.05) is 31.6 Å². The van der Waals surface area contributed by atoms with Crippen molar-refractivity contribution in [1.29, 1.82) is 0 Å². The minimum absolute atomic E-state index is 0.211. The number of benzene rings is 2. The molecule has 2 aromatic heterocycles. The Morgan fingerprint density at radius 1 is 1.03 bits per heavy atom. The van der Waals surface area contributed by atoms with E-state index in [-0.39, 0.29) is 5.56 Å². The Morgan fingerprint density at radius 2 is 1.77 bits per heavy atom. The predicted molar refractivity (Wildman–Crippen MR) is 143 cm³/mol. The molecule has 2 heterocycles. The quantitative estimate of drug-likeness (QED) is 0.307. The number of anilines is 2. The van der Waals surface area contributed by atoms with Crippen molar-refractivity contribution in [3.05, 3.63) is 75.1 Å². The molecular weight excluding hydrogens is 485 g/mol. The fourth-order valence-corrected chi connectivity index (χ4v) is 4.31. The minimum Gasteiger partial charge on any atom is -0.492 e. The number of fused-ring (bicyclic) bond motifs is 1. The average Bonchev–Trinajstić information content (AvgIpc) is 2.86. The van der Waals surface area contributed by atoms with Crippen LogP contribution in [0, 0.1) is 0 Å².